The maximum Gasteiger partial charge on any atom is 0.208 e. The maximum atomic E-state index is 5.46. The standard InChI is InChI=1S/C10H22N4/c1-3-8-12-10(13-11)14(2)9-6-4-5-7-9/h9H,3-8,11H2,1-2H3,(H,12,13). The zero-order valence-electron chi connectivity index (χ0n) is 9.29. The van der Waals surface area contributed by atoms with Gasteiger partial charge in [0.15, 0.2) is 0 Å². The van der Waals surface area contributed by atoms with Crippen molar-refractivity contribution in [3.8, 4) is 0 Å². The van der Waals surface area contributed by atoms with Gasteiger partial charge in [0.05, 0.1) is 0 Å². The Kier molecular flexibility index (Phi) is 4.73. The lowest BCUT2D eigenvalue weighted by molar-refractivity contribution is 0.359. The molecular weight excluding hydrogens is 176 g/mol. The maximum absolute atomic E-state index is 5.46. The molecule has 4 nitrogen and oxygen atoms in total. The van der Waals surface area contributed by atoms with Gasteiger partial charge in [0, 0.05) is 19.6 Å². The molecule has 0 radical (unpaired) electrons. The normalized spacial score (nSPS) is 18.6. The summed E-state index contributed by atoms with van der Waals surface area (Å²) in [6.45, 7) is 2.96. The molecule has 3 N–H and O–H groups in total. The lowest BCUT2D eigenvalue weighted by atomic mass is 10.2. The van der Waals surface area contributed by atoms with E-state index in [0.717, 1.165) is 18.9 Å². The van der Waals surface area contributed by atoms with Crippen molar-refractivity contribution in [3.63, 3.8) is 0 Å². The number of hydrazine groups is 1. The first-order valence-electron chi connectivity index (χ1n) is 5.53. The van der Waals surface area contributed by atoms with Gasteiger partial charge in [-0.3, -0.25) is 10.4 Å². The minimum Gasteiger partial charge on any atom is -0.342 e. The zero-order chi connectivity index (χ0) is 10.4. The minimum atomic E-state index is 0.627. The second kappa shape index (κ2) is 5.86. The third kappa shape index (κ3) is 2.87. The molecule has 1 fully saturated rings. The Labute approximate surface area is 86.5 Å². The fraction of sp³-hybridized carbons (Fsp3) is 0.900. The SMILES string of the molecule is CCCN=C(NN)N(C)C1CCCC1. The molecule has 0 spiro atoms. The molecule has 0 bridgehead atoms. The van der Waals surface area contributed by atoms with E-state index in [-0.39, 0.29) is 0 Å². The molecule has 82 valence electrons. The van der Waals surface area contributed by atoms with Crippen molar-refractivity contribution in [2.45, 2.75) is 45.1 Å². The number of nitrogens with two attached hydrogens (primary N) is 1. The predicted octanol–water partition coefficient (Wildman–Crippen LogP) is 1.09. The fourth-order valence-electron chi connectivity index (χ4n) is 1.94. The lowest BCUT2D eigenvalue weighted by Gasteiger charge is -2.27. The molecule has 0 aliphatic heterocycles. The third-order valence-corrected chi connectivity index (χ3v) is 2.82. The summed E-state index contributed by atoms with van der Waals surface area (Å²) in [5, 5.41) is 0. The highest BCUT2D eigenvalue weighted by Gasteiger charge is 2.21. The number of guanidine groups is 1. The first kappa shape index (κ1) is 11.3. The van der Waals surface area contributed by atoms with Crippen LogP contribution in [0.1, 0.15) is 39.0 Å². The van der Waals surface area contributed by atoms with Crippen molar-refractivity contribution >= 4 is 5.96 Å². The summed E-state index contributed by atoms with van der Waals surface area (Å²) in [6, 6.07) is 0.627. The van der Waals surface area contributed by atoms with Crippen LogP contribution in [-0.2, 0) is 0 Å². The van der Waals surface area contributed by atoms with E-state index in [1.54, 1.807) is 0 Å². The third-order valence-electron chi connectivity index (χ3n) is 2.82. The summed E-state index contributed by atoms with van der Waals surface area (Å²) in [4.78, 5) is 6.59. The number of aliphatic imine (C=N–C) groups is 1. The topological polar surface area (TPSA) is 53.6 Å². The van der Waals surface area contributed by atoms with Crippen molar-refractivity contribution in [1.82, 2.24) is 10.3 Å². The summed E-state index contributed by atoms with van der Waals surface area (Å²) in [6.07, 6.45) is 6.26. The number of nitrogens with one attached hydrogen (secondary N) is 1. The van der Waals surface area contributed by atoms with E-state index in [9.17, 15) is 0 Å². The predicted molar refractivity (Wildman–Crippen MR) is 59.9 cm³/mol. The van der Waals surface area contributed by atoms with Crippen LogP contribution in [0.2, 0.25) is 0 Å². The summed E-state index contributed by atoms with van der Waals surface area (Å²) in [5.74, 6) is 6.29. The molecular formula is C10H22N4. The summed E-state index contributed by atoms with van der Waals surface area (Å²) >= 11 is 0. The smallest absolute Gasteiger partial charge is 0.208 e. The molecule has 4 heteroatoms. The Morgan fingerprint density at radius 2 is 2.14 bits per heavy atom. The molecule has 1 saturated carbocycles. The van der Waals surface area contributed by atoms with Gasteiger partial charge in [-0.15, -0.1) is 0 Å². The largest absolute Gasteiger partial charge is 0.342 e. The van der Waals surface area contributed by atoms with E-state index in [1.165, 1.54) is 25.7 Å². The van der Waals surface area contributed by atoms with Crippen molar-refractivity contribution in [2.75, 3.05) is 13.6 Å². The van der Waals surface area contributed by atoms with Gasteiger partial charge in [0.1, 0.15) is 0 Å². The Hall–Kier alpha value is -0.770. The second-order valence-electron chi connectivity index (χ2n) is 3.90. The number of hydrogen-bond donors (Lipinski definition) is 2. The van der Waals surface area contributed by atoms with E-state index in [0.29, 0.717) is 6.04 Å². The van der Waals surface area contributed by atoms with Gasteiger partial charge in [-0.1, -0.05) is 19.8 Å². The highest BCUT2D eigenvalue weighted by molar-refractivity contribution is 5.79. The molecule has 0 amide bonds. The van der Waals surface area contributed by atoms with Crippen LogP contribution in [0.5, 0.6) is 0 Å². The number of nitrogens with zero attached hydrogens (tertiary/aromatic N) is 2. The average Bonchev–Trinajstić information content (AvgIpc) is 2.71. The molecule has 0 aromatic rings. The van der Waals surface area contributed by atoms with Crippen LogP contribution in [0.4, 0.5) is 0 Å². The van der Waals surface area contributed by atoms with Crippen molar-refractivity contribution in [2.24, 2.45) is 10.8 Å². The van der Waals surface area contributed by atoms with Gasteiger partial charge in [-0.2, -0.15) is 0 Å². The molecule has 0 heterocycles. The fourth-order valence-corrected chi connectivity index (χ4v) is 1.94. The van der Waals surface area contributed by atoms with Crippen LogP contribution in [0, 0.1) is 0 Å². The average molecular weight is 198 g/mol. The van der Waals surface area contributed by atoms with Crippen LogP contribution in [0.25, 0.3) is 0 Å². The monoisotopic (exact) mass is 198 g/mol. The molecule has 0 unspecified atom stereocenters. The van der Waals surface area contributed by atoms with Crippen LogP contribution >= 0.6 is 0 Å². The van der Waals surface area contributed by atoms with E-state index in [2.05, 4.69) is 29.3 Å². The molecule has 1 rings (SSSR count). The van der Waals surface area contributed by atoms with Crippen LogP contribution in [0.3, 0.4) is 0 Å². The molecule has 1 aliphatic carbocycles. The molecule has 0 aromatic carbocycles. The van der Waals surface area contributed by atoms with Gasteiger partial charge < -0.3 is 4.90 Å². The van der Waals surface area contributed by atoms with E-state index < -0.39 is 0 Å². The van der Waals surface area contributed by atoms with Crippen LogP contribution in [-0.4, -0.2) is 30.5 Å². The van der Waals surface area contributed by atoms with Gasteiger partial charge in [-0.25, -0.2) is 5.84 Å². The Bertz CT molecular complexity index is 185. The van der Waals surface area contributed by atoms with Crippen molar-refractivity contribution < 1.29 is 0 Å². The van der Waals surface area contributed by atoms with Crippen LogP contribution in [0.15, 0.2) is 4.99 Å². The highest BCUT2D eigenvalue weighted by Crippen LogP contribution is 2.22. The van der Waals surface area contributed by atoms with E-state index >= 15 is 0 Å². The highest BCUT2D eigenvalue weighted by atomic mass is 15.4. The molecule has 0 aromatic heterocycles. The lowest BCUT2D eigenvalue weighted by Crippen LogP contribution is -2.46. The zero-order valence-corrected chi connectivity index (χ0v) is 9.29. The van der Waals surface area contributed by atoms with Gasteiger partial charge in [0.2, 0.25) is 5.96 Å². The minimum absolute atomic E-state index is 0.627. The van der Waals surface area contributed by atoms with Crippen molar-refractivity contribution in [3.05, 3.63) is 0 Å². The van der Waals surface area contributed by atoms with E-state index in [4.69, 9.17) is 5.84 Å². The van der Waals surface area contributed by atoms with E-state index in [1.807, 2.05) is 0 Å². The summed E-state index contributed by atoms with van der Waals surface area (Å²) in [5.41, 5.74) is 2.69. The number of rotatable bonds is 3. The van der Waals surface area contributed by atoms with Crippen LogP contribution < -0.4 is 11.3 Å². The Balaban J connectivity index is 2.49. The molecule has 0 atom stereocenters. The van der Waals surface area contributed by atoms with Gasteiger partial charge >= 0.3 is 0 Å². The summed E-state index contributed by atoms with van der Waals surface area (Å²) in [7, 11) is 2.07. The van der Waals surface area contributed by atoms with Crippen molar-refractivity contribution in [1.29, 1.82) is 0 Å². The second-order valence-corrected chi connectivity index (χ2v) is 3.90. The Morgan fingerprint density at radius 1 is 1.50 bits per heavy atom. The molecule has 1 aliphatic rings. The molecule has 0 saturated heterocycles. The quantitative estimate of drug-likeness (QED) is 0.309. The first-order chi connectivity index (χ1) is 6.79. The Morgan fingerprint density at radius 3 is 2.64 bits per heavy atom. The number of hydrogen-bond acceptors (Lipinski definition) is 2. The summed E-state index contributed by atoms with van der Waals surface area (Å²) < 4.78 is 0. The first-order valence-corrected chi connectivity index (χ1v) is 5.53. The molecule has 14 heavy (non-hydrogen) atoms. The van der Waals surface area contributed by atoms with Gasteiger partial charge in [0.25, 0.3) is 0 Å². The van der Waals surface area contributed by atoms with Gasteiger partial charge in [-0.05, 0) is 19.3 Å².